The van der Waals surface area contributed by atoms with Gasteiger partial charge in [-0.05, 0) is 24.1 Å². The van der Waals surface area contributed by atoms with Crippen molar-refractivity contribution in [1.82, 2.24) is 5.32 Å². The van der Waals surface area contributed by atoms with Crippen LogP contribution in [0.3, 0.4) is 0 Å². The number of nitrogens with one attached hydrogen (secondary N) is 1. The molecule has 1 aromatic carbocycles. The SMILES string of the molecule is CC[C@H](C)[C@H](NC(=O)c1cccc(F)c1)C(=O)OC. The molecule has 0 unspecified atom stereocenters. The normalized spacial score (nSPS) is 13.5. The quantitative estimate of drug-likeness (QED) is 0.832. The molecule has 0 radical (unpaired) electrons. The van der Waals surface area contributed by atoms with E-state index in [0.717, 1.165) is 6.07 Å². The summed E-state index contributed by atoms with van der Waals surface area (Å²) in [6, 6.07) is 4.58. The standard InChI is InChI=1S/C14H18FNO3/c1-4-9(2)12(14(18)19-3)16-13(17)10-6-5-7-11(15)8-10/h5-9,12H,4H2,1-3H3,(H,16,17)/t9-,12-/m0/s1. The van der Waals surface area contributed by atoms with E-state index in [4.69, 9.17) is 0 Å². The Balaban J connectivity index is 2.84. The number of rotatable bonds is 5. The third-order valence-corrected chi connectivity index (χ3v) is 3.04. The fraction of sp³-hybridized carbons (Fsp3) is 0.429. The van der Waals surface area contributed by atoms with E-state index < -0.39 is 23.7 Å². The van der Waals surface area contributed by atoms with E-state index in [2.05, 4.69) is 10.1 Å². The highest BCUT2D eigenvalue weighted by Gasteiger charge is 2.27. The average Bonchev–Trinajstić information content (AvgIpc) is 2.42. The molecule has 2 atom stereocenters. The third kappa shape index (κ3) is 4.05. The van der Waals surface area contributed by atoms with Crippen molar-refractivity contribution in [3.05, 3.63) is 35.6 Å². The summed E-state index contributed by atoms with van der Waals surface area (Å²) < 4.78 is 17.7. The van der Waals surface area contributed by atoms with Gasteiger partial charge in [0.15, 0.2) is 0 Å². The van der Waals surface area contributed by atoms with Crippen molar-refractivity contribution in [2.45, 2.75) is 26.3 Å². The van der Waals surface area contributed by atoms with E-state index in [9.17, 15) is 14.0 Å². The lowest BCUT2D eigenvalue weighted by Gasteiger charge is -2.21. The molecule has 104 valence electrons. The van der Waals surface area contributed by atoms with Gasteiger partial charge in [0.05, 0.1) is 7.11 Å². The first kappa shape index (κ1) is 15.1. The first-order valence-corrected chi connectivity index (χ1v) is 6.13. The molecular formula is C14H18FNO3. The van der Waals surface area contributed by atoms with Crippen LogP contribution in [0.4, 0.5) is 4.39 Å². The van der Waals surface area contributed by atoms with Gasteiger partial charge in [-0.25, -0.2) is 9.18 Å². The van der Waals surface area contributed by atoms with E-state index in [1.165, 1.54) is 25.3 Å². The van der Waals surface area contributed by atoms with Gasteiger partial charge < -0.3 is 10.1 Å². The van der Waals surface area contributed by atoms with Crippen LogP contribution in [0.25, 0.3) is 0 Å². The lowest BCUT2D eigenvalue weighted by molar-refractivity contribution is -0.144. The average molecular weight is 267 g/mol. The Kier molecular flexibility index (Phi) is 5.48. The van der Waals surface area contributed by atoms with Crippen LogP contribution in [-0.2, 0) is 9.53 Å². The number of ether oxygens (including phenoxy) is 1. The maximum absolute atomic E-state index is 13.0. The molecule has 0 aromatic heterocycles. The van der Waals surface area contributed by atoms with E-state index >= 15 is 0 Å². The van der Waals surface area contributed by atoms with Crippen LogP contribution in [0.15, 0.2) is 24.3 Å². The van der Waals surface area contributed by atoms with Crippen molar-refractivity contribution in [3.63, 3.8) is 0 Å². The number of hydrogen-bond donors (Lipinski definition) is 1. The van der Waals surface area contributed by atoms with Crippen molar-refractivity contribution < 1.29 is 18.7 Å². The zero-order valence-corrected chi connectivity index (χ0v) is 11.3. The lowest BCUT2D eigenvalue weighted by atomic mass is 9.99. The van der Waals surface area contributed by atoms with Gasteiger partial charge in [0.25, 0.3) is 5.91 Å². The fourth-order valence-electron chi connectivity index (χ4n) is 1.65. The summed E-state index contributed by atoms with van der Waals surface area (Å²) in [7, 11) is 1.27. The molecule has 0 aliphatic carbocycles. The second-order valence-corrected chi connectivity index (χ2v) is 4.37. The van der Waals surface area contributed by atoms with Crippen molar-refractivity contribution in [2.24, 2.45) is 5.92 Å². The van der Waals surface area contributed by atoms with Gasteiger partial charge in [-0.3, -0.25) is 4.79 Å². The first-order valence-electron chi connectivity index (χ1n) is 6.13. The van der Waals surface area contributed by atoms with Crippen LogP contribution in [0.2, 0.25) is 0 Å². The van der Waals surface area contributed by atoms with E-state index in [0.29, 0.717) is 6.42 Å². The Morgan fingerprint density at radius 2 is 2.11 bits per heavy atom. The van der Waals surface area contributed by atoms with Crippen LogP contribution in [0, 0.1) is 11.7 Å². The molecule has 0 heterocycles. The summed E-state index contributed by atoms with van der Waals surface area (Å²) in [4.78, 5) is 23.6. The monoisotopic (exact) mass is 267 g/mol. The molecule has 4 nitrogen and oxygen atoms in total. The number of methoxy groups -OCH3 is 1. The molecule has 0 spiro atoms. The Morgan fingerprint density at radius 3 is 2.63 bits per heavy atom. The Morgan fingerprint density at radius 1 is 1.42 bits per heavy atom. The summed E-state index contributed by atoms with van der Waals surface area (Å²) in [6.45, 7) is 3.75. The van der Waals surface area contributed by atoms with Crippen molar-refractivity contribution >= 4 is 11.9 Å². The molecule has 1 rings (SSSR count). The van der Waals surface area contributed by atoms with Gasteiger partial charge in [-0.1, -0.05) is 26.3 Å². The summed E-state index contributed by atoms with van der Waals surface area (Å²) in [5.74, 6) is -1.55. The fourth-order valence-corrected chi connectivity index (χ4v) is 1.65. The highest BCUT2D eigenvalue weighted by molar-refractivity contribution is 5.96. The number of hydrogen-bond acceptors (Lipinski definition) is 3. The highest BCUT2D eigenvalue weighted by atomic mass is 19.1. The van der Waals surface area contributed by atoms with Crippen molar-refractivity contribution in [3.8, 4) is 0 Å². The summed E-state index contributed by atoms with van der Waals surface area (Å²) in [6.07, 6.45) is 0.712. The van der Waals surface area contributed by atoms with Gasteiger partial charge in [-0.15, -0.1) is 0 Å². The Labute approximate surface area is 112 Å². The second kappa shape index (κ2) is 6.87. The first-order chi connectivity index (χ1) is 8.99. The molecule has 0 saturated heterocycles. The van der Waals surface area contributed by atoms with Crippen molar-refractivity contribution in [1.29, 1.82) is 0 Å². The molecule has 0 saturated carbocycles. The van der Waals surface area contributed by atoms with Gasteiger partial charge in [0.2, 0.25) is 0 Å². The van der Waals surface area contributed by atoms with Crippen LogP contribution in [0.1, 0.15) is 30.6 Å². The van der Waals surface area contributed by atoms with Gasteiger partial charge >= 0.3 is 5.97 Å². The van der Waals surface area contributed by atoms with Crippen molar-refractivity contribution in [2.75, 3.05) is 7.11 Å². The van der Waals surface area contributed by atoms with Crippen LogP contribution >= 0.6 is 0 Å². The molecule has 5 heteroatoms. The molecule has 1 aromatic rings. The largest absolute Gasteiger partial charge is 0.467 e. The zero-order valence-electron chi connectivity index (χ0n) is 11.3. The number of carbonyl (C=O) groups excluding carboxylic acids is 2. The summed E-state index contributed by atoms with van der Waals surface area (Å²) >= 11 is 0. The Bertz CT molecular complexity index is 462. The van der Waals surface area contributed by atoms with Crippen LogP contribution < -0.4 is 5.32 Å². The maximum Gasteiger partial charge on any atom is 0.328 e. The molecule has 0 aliphatic heterocycles. The topological polar surface area (TPSA) is 55.4 Å². The molecule has 1 amide bonds. The van der Waals surface area contributed by atoms with Gasteiger partial charge in [-0.2, -0.15) is 0 Å². The van der Waals surface area contributed by atoms with Gasteiger partial charge in [0, 0.05) is 5.56 Å². The predicted octanol–water partition coefficient (Wildman–Crippen LogP) is 2.14. The lowest BCUT2D eigenvalue weighted by Crippen LogP contribution is -2.45. The molecule has 0 fully saturated rings. The number of benzene rings is 1. The minimum absolute atomic E-state index is 0.0649. The Hall–Kier alpha value is -1.91. The number of halogens is 1. The highest BCUT2D eigenvalue weighted by Crippen LogP contribution is 2.11. The van der Waals surface area contributed by atoms with Crippen LogP contribution in [-0.4, -0.2) is 25.0 Å². The molecular weight excluding hydrogens is 249 g/mol. The molecule has 19 heavy (non-hydrogen) atoms. The second-order valence-electron chi connectivity index (χ2n) is 4.37. The maximum atomic E-state index is 13.0. The predicted molar refractivity (Wildman–Crippen MR) is 69.1 cm³/mol. The number of amides is 1. The number of carbonyl (C=O) groups is 2. The zero-order chi connectivity index (χ0) is 14.4. The molecule has 0 aliphatic rings. The van der Waals surface area contributed by atoms with E-state index in [-0.39, 0.29) is 11.5 Å². The summed E-state index contributed by atoms with van der Waals surface area (Å²) in [5, 5.41) is 2.58. The van der Waals surface area contributed by atoms with Gasteiger partial charge in [0.1, 0.15) is 11.9 Å². The van der Waals surface area contributed by atoms with E-state index in [1.807, 2.05) is 13.8 Å². The smallest absolute Gasteiger partial charge is 0.328 e. The van der Waals surface area contributed by atoms with Crippen LogP contribution in [0.5, 0.6) is 0 Å². The molecule has 1 N–H and O–H groups in total. The summed E-state index contributed by atoms with van der Waals surface area (Å²) in [5.41, 5.74) is 0.178. The third-order valence-electron chi connectivity index (χ3n) is 3.04. The molecule has 0 bridgehead atoms. The minimum Gasteiger partial charge on any atom is -0.467 e. The number of esters is 1. The van der Waals surface area contributed by atoms with E-state index in [1.54, 1.807) is 0 Å². The minimum atomic E-state index is -0.731.